The van der Waals surface area contributed by atoms with E-state index >= 15 is 0 Å². The SMILES string of the molecule is N#CC1(N)CCCC1CCOCC1CCOCC1. The zero-order valence-corrected chi connectivity index (χ0v) is 11.1. The van der Waals surface area contributed by atoms with Gasteiger partial charge in [0, 0.05) is 26.4 Å². The monoisotopic (exact) mass is 252 g/mol. The largest absolute Gasteiger partial charge is 0.381 e. The molecule has 4 heteroatoms. The minimum absolute atomic E-state index is 0.317. The van der Waals surface area contributed by atoms with Gasteiger partial charge in [-0.25, -0.2) is 0 Å². The lowest BCUT2D eigenvalue weighted by molar-refractivity contribution is 0.0169. The van der Waals surface area contributed by atoms with E-state index in [9.17, 15) is 0 Å². The molecule has 0 aromatic carbocycles. The Morgan fingerprint density at radius 3 is 2.83 bits per heavy atom. The molecule has 2 atom stereocenters. The van der Waals surface area contributed by atoms with Crippen LogP contribution in [0, 0.1) is 23.2 Å². The van der Waals surface area contributed by atoms with Crippen molar-refractivity contribution < 1.29 is 9.47 Å². The Labute approximate surface area is 109 Å². The van der Waals surface area contributed by atoms with Gasteiger partial charge in [0.25, 0.3) is 0 Å². The third-order valence-corrected chi connectivity index (χ3v) is 4.38. The predicted molar refractivity (Wildman–Crippen MR) is 68.9 cm³/mol. The van der Waals surface area contributed by atoms with Crippen LogP contribution < -0.4 is 5.73 Å². The molecule has 1 aliphatic carbocycles. The number of hydrogen-bond acceptors (Lipinski definition) is 4. The minimum atomic E-state index is -0.595. The molecule has 2 unspecified atom stereocenters. The van der Waals surface area contributed by atoms with Gasteiger partial charge in [-0.05, 0) is 43.9 Å². The first-order valence-electron chi connectivity index (χ1n) is 7.10. The quantitative estimate of drug-likeness (QED) is 0.758. The Bertz CT molecular complexity index is 297. The topological polar surface area (TPSA) is 68.3 Å². The van der Waals surface area contributed by atoms with Crippen molar-refractivity contribution in [1.82, 2.24) is 0 Å². The molecule has 102 valence electrons. The molecular weight excluding hydrogens is 228 g/mol. The van der Waals surface area contributed by atoms with Gasteiger partial charge in [0.05, 0.1) is 6.07 Å². The summed E-state index contributed by atoms with van der Waals surface area (Å²) < 4.78 is 11.1. The standard InChI is InChI=1S/C14H24N2O2/c15-11-14(16)6-1-2-13(14)5-9-18-10-12-3-7-17-8-4-12/h12-13H,1-10,16H2. The summed E-state index contributed by atoms with van der Waals surface area (Å²) in [6.07, 6.45) is 6.14. The molecule has 0 amide bonds. The number of hydrogen-bond donors (Lipinski definition) is 1. The highest BCUT2D eigenvalue weighted by Crippen LogP contribution is 2.35. The first kappa shape index (κ1) is 13.8. The summed E-state index contributed by atoms with van der Waals surface area (Å²) >= 11 is 0. The van der Waals surface area contributed by atoms with E-state index in [1.165, 1.54) is 0 Å². The van der Waals surface area contributed by atoms with E-state index in [0.717, 1.165) is 65.0 Å². The van der Waals surface area contributed by atoms with E-state index in [1.807, 2.05) is 0 Å². The van der Waals surface area contributed by atoms with Crippen molar-refractivity contribution in [1.29, 1.82) is 5.26 Å². The van der Waals surface area contributed by atoms with Gasteiger partial charge in [0.1, 0.15) is 5.54 Å². The minimum Gasteiger partial charge on any atom is -0.381 e. The number of nitriles is 1. The molecule has 2 N–H and O–H groups in total. The van der Waals surface area contributed by atoms with Gasteiger partial charge in [-0.1, -0.05) is 6.42 Å². The van der Waals surface area contributed by atoms with Crippen LogP contribution in [0.3, 0.4) is 0 Å². The van der Waals surface area contributed by atoms with Gasteiger partial charge >= 0.3 is 0 Å². The molecule has 2 rings (SSSR count). The lowest BCUT2D eigenvalue weighted by atomic mass is 9.87. The van der Waals surface area contributed by atoms with Crippen molar-refractivity contribution >= 4 is 0 Å². The van der Waals surface area contributed by atoms with Crippen molar-refractivity contribution in [3.63, 3.8) is 0 Å². The zero-order chi connectivity index (χ0) is 12.8. The molecule has 2 fully saturated rings. The average molecular weight is 252 g/mol. The molecule has 0 radical (unpaired) electrons. The molecule has 0 spiro atoms. The molecule has 0 bridgehead atoms. The Hall–Kier alpha value is -0.630. The van der Waals surface area contributed by atoms with Crippen LogP contribution in [0.5, 0.6) is 0 Å². The van der Waals surface area contributed by atoms with E-state index in [1.54, 1.807) is 0 Å². The first-order valence-corrected chi connectivity index (χ1v) is 7.10. The van der Waals surface area contributed by atoms with Gasteiger partial charge in [-0.15, -0.1) is 0 Å². The highest BCUT2D eigenvalue weighted by Gasteiger charge is 2.39. The van der Waals surface area contributed by atoms with E-state index in [0.29, 0.717) is 11.8 Å². The molecule has 1 aliphatic heterocycles. The van der Waals surface area contributed by atoms with E-state index in [4.69, 9.17) is 20.5 Å². The third-order valence-electron chi connectivity index (χ3n) is 4.38. The molecule has 18 heavy (non-hydrogen) atoms. The number of nitrogens with zero attached hydrogens (tertiary/aromatic N) is 1. The Balaban J connectivity index is 1.62. The van der Waals surface area contributed by atoms with Crippen molar-refractivity contribution in [2.75, 3.05) is 26.4 Å². The fourth-order valence-electron chi connectivity index (χ4n) is 3.04. The Kier molecular flexibility index (Phi) is 4.99. The normalized spacial score (nSPS) is 33.4. The van der Waals surface area contributed by atoms with Gasteiger partial charge in [-0.2, -0.15) is 5.26 Å². The molecule has 4 nitrogen and oxygen atoms in total. The molecule has 0 aromatic heterocycles. The predicted octanol–water partition coefficient (Wildman–Crippen LogP) is 1.84. The van der Waals surface area contributed by atoms with Gasteiger partial charge in [0.2, 0.25) is 0 Å². The van der Waals surface area contributed by atoms with E-state index in [-0.39, 0.29) is 0 Å². The van der Waals surface area contributed by atoms with Crippen LogP contribution in [0.15, 0.2) is 0 Å². The Morgan fingerprint density at radius 2 is 2.11 bits per heavy atom. The molecular formula is C14H24N2O2. The summed E-state index contributed by atoms with van der Waals surface area (Å²) in [7, 11) is 0. The van der Waals surface area contributed by atoms with Gasteiger partial charge in [0.15, 0.2) is 0 Å². The first-order chi connectivity index (χ1) is 8.74. The van der Waals surface area contributed by atoms with Crippen molar-refractivity contribution in [3.05, 3.63) is 0 Å². The second-order valence-electron chi connectivity index (χ2n) is 5.66. The van der Waals surface area contributed by atoms with Crippen LogP contribution in [-0.2, 0) is 9.47 Å². The Morgan fingerprint density at radius 1 is 1.33 bits per heavy atom. The van der Waals surface area contributed by atoms with Crippen molar-refractivity contribution in [2.24, 2.45) is 17.6 Å². The lowest BCUT2D eigenvalue weighted by Crippen LogP contribution is -2.42. The second-order valence-corrected chi connectivity index (χ2v) is 5.66. The van der Waals surface area contributed by atoms with Gasteiger partial charge in [-0.3, -0.25) is 0 Å². The summed E-state index contributed by atoms with van der Waals surface area (Å²) in [6, 6.07) is 2.29. The maximum absolute atomic E-state index is 9.13. The maximum atomic E-state index is 9.13. The van der Waals surface area contributed by atoms with Crippen LogP contribution in [0.25, 0.3) is 0 Å². The summed E-state index contributed by atoms with van der Waals surface area (Å²) in [4.78, 5) is 0. The molecule has 1 saturated heterocycles. The molecule has 1 heterocycles. The summed E-state index contributed by atoms with van der Waals surface area (Å²) in [5.74, 6) is 0.970. The van der Waals surface area contributed by atoms with Gasteiger partial charge < -0.3 is 15.2 Å². The number of nitrogens with two attached hydrogens (primary N) is 1. The van der Waals surface area contributed by atoms with E-state index < -0.39 is 5.54 Å². The lowest BCUT2D eigenvalue weighted by Gasteiger charge is -2.25. The van der Waals surface area contributed by atoms with E-state index in [2.05, 4.69) is 6.07 Å². The van der Waals surface area contributed by atoms with Crippen LogP contribution >= 0.6 is 0 Å². The second kappa shape index (κ2) is 6.51. The number of ether oxygens (including phenoxy) is 2. The summed E-state index contributed by atoms with van der Waals surface area (Å²) in [6.45, 7) is 3.32. The highest BCUT2D eigenvalue weighted by atomic mass is 16.5. The average Bonchev–Trinajstić information content (AvgIpc) is 2.78. The molecule has 0 aromatic rings. The maximum Gasteiger partial charge on any atom is 0.107 e. The smallest absolute Gasteiger partial charge is 0.107 e. The summed E-state index contributed by atoms with van der Waals surface area (Å²) in [5, 5.41) is 9.13. The summed E-state index contributed by atoms with van der Waals surface area (Å²) in [5.41, 5.74) is 5.50. The highest BCUT2D eigenvalue weighted by molar-refractivity contribution is 5.11. The van der Waals surface area contributed by atoms with Crippen LogP contribution in [0.1, 0.15) is 38.5 Å². The van der Waals surface area contributed by atoms with Crippen LogP contribution in [0.2, 0.25) is 0 Å². The van der Waals surface area contributed by atoms with Crippen molar-refractivity contribution in [2.45, 2.75) is 44.1 Å². The van der Waals surface area contributed by atoms with Crippen molar-refractivity contribution in [3.8, 4) is 6.07 Å². The zero-order valence-electron chi connectivity index (χ0n) is 11.1. The fourth-order valence-corrected chi connectivity index (χ4v) is 3.04. The molecule has 2 aliphatic rings. The third kappa shape index (κ3) is 3.44. The number of rotatable bonds is 5. The van der Waals surface area contributed by atoms with Crippen LogP contribution in [-0.4, -0.2) is 32.0 Å². The molecule has 1 saturated carbocycles. The fraction of sp³-hybridized carbons (Fsp3) is 0.929. The van der Waals surface area contributed by atoms with Crippen LogP contribution in [0.4, 0.5) is 0 Å².